The molecule has 3 heteroatoms. The molecule has 0 saturated heterocycles. The summed E-state index contributed by atoms with van der Waals surface area (Å²) in [6.45, 7) is 3.76. The average Bonchev–Trinajstić information content (AvgIpc) is 2.54. The van der Waals surface area contributed by atoms with E-state index in [1.807, 2.05) is 12.1 Å². The quantitative estimate of drug-likeness (QED) is 0.925. The van der Waals surface area contributed by atoms with Crippen LogP contribution in [-0.2, 0) is 0 Å². The summed E-state index contributed by atoms with van der Waals surface area (Å²) in [7, 11) is 2.14. The van der Waals surface area contributed by atoms with E-state index in [1.54, 1.807) is 0 Å². The summed E-state index contributed by atoms with van der Waals surface area (Å²) in [6, 6.07) is 16.9. The van der Waals surface area contributed by atoms with Crippen LogP contribution in [0.15, 0.2) is 42.5 Å². The Hall–Kier alpha value is -2.15. The molecule has 1 heterocycles. The molecule has 0 aromatic heterocycles. The van der Waals surface area contributed by atoms with Gasteiger partial charge in [-0.25, -0.2) is 0 Å². The molecular weight excluding hydrogens is 270 g/mol. The van der Waals surface area contributed by atoms with Gasteiger partial charge in [0, 0.05) is 25.0 Å². The molecule has 0 bridgehead atoms. The first-order valence-electron chi connectivity index (χ1n) is 7.65. The number of benzene rings is 2. The maximum Gasteiger partial charge on any atom is 0.0991 e. The van der Waals surface area contributed by atoms with Crippen LogP contribution >= 0.6 is 0 Å². The third-order valence-corrected chi connectivity index (χ3v) is 4.73. The Kier molecular flexibility index (Phi) is 3.98. The monoisotopic (exact) mass is 291 g/mol. The van der Waals surface area contributed by atoms with E-state index in [9.17, 15) is 0 Å². The molecule has 0 amide bonds. The molecule has 1 aliphatic heterocycles. The van der Waals surface area contributed by atoms with Gasteiger partial charge in [0.1, 0.15) is 0 Å². The molecule has 0 saturated carbocycles. The Bertz CT molecular complexity index is 712. The van der Waals surface area contributed by atoms with E-state index in [0.717, 1.165) is 6.54 Å². The fourth-order valence-corrected chi connectivity index (χ4v) is 3.58. The maximum absolute atomic E-state index is 8.98. The van der Waals surface area contributed by atoms with E-state index in [2.05, 4.69) is 55.3 Å². The highest BCUT2D eigenvalue weighted by Gasteiger charge is 2.31. The predicted molar refractivity (Wildman–Crippen MR) is 88.6 cm³/mol. The van der Waals surface area contributed by atoms with Crippen LogP contribution < -0.4 is 5.73 Å². The van der Waals surface area contributed by atoms with Gasteiger partial charge in [-0.05, 0) is 48.4 Å². The van der Waals surface area contributed by atoms with Crippen molar-refractivity contribution in [2.24, 2.45) is 5.73 Å². The molecule has 2 aromatic carbocycles. The molecule has 2 aromatic rings. The predicted octanol–water partition coefficient (Wildman–Crippen LogP) is 2.94. The Labute approximate surface area is 132 Å². The number of hydrogen-bond donors (Lipinski definition) is 1. The first-order chi connectivity index (χ1) is 10.7. The molecule has 3 rings (SSSR count). The number of fused-ring (bicyclic) bond motifs is 1. The minimum absolute atomic E-state index is 0.282. The molecule has 2 N–H and O–H groups in total. The molecule has 1 aliphatic rings. The molecule has 0 aliphatic carbocycles. The summed E-state index contributed by atoms with van der Waals surface area (Å²) in [6.07, 6.45) is 0. The summed E-state index contributed by atoms with van der Waals surface area (Å²) >= 11 is 0. The maximum atomic E-state index is 8.98. The number of rotatable bonds is 2. The molecule has 0 fully saturated rings. The second-order valence-electron chi connectivity index (χ2n) is 6.06. The van der Waals surface area contributed by atoms with Gasteiger partial charge in [-0.15, -0.1) is 0 Å². The SMILES string of the molecule is Cc1cccc2c1C(c1ccc(C#N)cc1)CN(C)C2CN. The molecule has 0 radical (unpaired) electrons. The van der Waals surface area contributed by atoms with E-state index in [4.69, 9.17) is 11.0 Å². The van der Waals surface area contributed by atoms with Gasteiger partial charge in [0.25, 0.3) is 0 Å². The lowest BCUT2D eigenvalue weighted by Gasteiger charge is -2.39. The van der Waals surface area contributed by atoms with Gasteiger partial charge in [0.2, 0.25) is 0 Å². The van der Waals surface area contributed by atoms with Gasteiger partial charge >= 0.3 is 0 Å². The third-order valence-electron chi connectivity index (χ3n) is 4.73. The van der Waals surface area contributed by atoms with Crippen molar-refractivity contribution < 1.29 is 0 Å². The topological polar surface area (TPSA) is 53.0 Å². The normalized spacial score (nSPS) is 21.2. The minimum Gasteiger partial charge on any atom is -0.329 e. The smallest absolute Gasteiger partial charge is 0.0991 e. The first kappa shape index (κ1) is 14.8. The molecule has 22 heavy (non-hydrogen) atoms. The Morgan fingerprint density at radius 3 is 2.59 bits per heavy atom. The molecule has 112 valence electrons. The summed E-state index contributed by atoms with van der Waals surface area (Å²) in [4.78, 5) is 2.34. The zero-order chi connectivity index (χ0) is 15.7. The standard InChI is InChI=1S/C19H21N3/c1-13-4-3-5-16-18(11-21)22(2)12-17(19(13)16)15-8-6-14(10-20)7-9-15/h3-9,17-18H,11-12,21H2,1-2H3. The van der Waals surface area contributed by atoms with Gasteiger partial charge in [-0.3, -0.25) is 4.90 Å². The van der Waals surface area contributed by atoms with Crippen LogP contribution in [0.25, 0.3) is 0 Å². The van der Waals surface area contributed by atoms with Crippen LogP contribution in [0.5, 0.6) is 0 Å². The third kappa shape index (κ3) is 2.41. The fraction of sp³-hybridized carbons (Fsp3) is 0.316. The largest absolute Gasteiger partial charge is 0.329 e. The van der Waals surface area contributed by atoms with Crippen molar-refractivity contribution in [1.82, 2.24) is 4.90 Å². The summed E-state index contributed by atoms with van der Waals surface area (Å²) in [5.74, 6) is 0.330. The summed E-state index contributed by atoms with van der Waals surface area (Å²) in [5.41, 5.74) is 12.0. The van der Waals surface area contributed by atoms with Crippen molar-refractivity contribution in [2.45, 2.75) is 18.9 Å². The average molecular weight is 291 g/mol. The van der Waals surface area contributed by atoms with E-state index >= 15 is 0 Å². The van der Waals surface area contributed by atoms with Gasteiger partial charge < -0.3 is 5.73 Å². The van der Waals surface area contributed by atoms with E-state index in [1.165, 1.54) is 22.3 Å². The van der Waals surface area contributed by atoms with Crippen LogP contribution in [0.1, 0.15) is 39.8 Å². The zero-order valence-electron chi connectivity index (χ0n) is 13.1. The van der Waals surface area contributed by atoms with Crippen molar-refractivity contribution in [1.29, 1.82) is 5.26 Å². The number of nitrogens with two attached hydrogens (primary N) is 1. The van der Waals surface area contributed by atoms with Gasteiger partial charge in [-0.2, -0.15) is 5.26 Å². The number of aryl methyl sites for hydroxylation is 1. The Morgan fingerprint density at radius 2 is 1.95 bits per heavy atom. The molecule has 3 nitrogen and oxygen atoms in total. The number of hydrogen-bond acceptors (Lipinski definition) is 3. The summed E-state index contributed by atoms with van der Waals surface area (Å²) in [5, 5.41) is 8.98. The molecule has 2 unspecified atom stereocenters. The second-order valence-corrected chi connectivity index (χ2v) is 6.06. The second kappa shape index (κ2) is 5.92. The lowest BCUT2D eigenvalue weighted by atomic mass is 9.79. The van der Waals surface area contributed by atoms with Crippen molar-refractivity contribution in [3.05, 3.63) is 70.3 Å². The number of nitrogens with zero attached hydrogens (tertiary/aromatic N) is 2. The number of likely N-dealkylation sites (N-methyl/N-ethyl adjacent to an activating group) is 1. The lowest BCUT2D eigenvalue weighted by Crippen LogP contribution is -2.39. The number of nitriles is 1. The fourth-order valence-electron chi connectivity index (χ4n) is 3.58. The molecule has 2 atom stereocenters. The van der Waals surface area contributed by atoms with Gasteiger partial charge in [0.05, 0.1) is 11.6 Å². The van der Waals surface area contributed by atoms with Crippen LogP contribution in [0.2, 0.25) is 0 Å². The Morgan fingerprint density at radius 1 is 1.23 bits per heavy atom. The summed E-state index contributed by atoms with van der Waals surface area (Å²) < 4.78 is 0. The van der Waals surface area contributed by atoms with E-state index in [-0.39, 0.29) is 6.04 Å². The zero-order valence-corrected chi connectivity index (χ0v) is 13.1. The Balaban J connectivity index is 2.11. The van der Waals surface area contributed by atoms with Crippen molar-refractivity contribution in [3.63, 3.8) is 0 Å². The highest BCUT2D eigenvalue weighted by atomic mass is 15.1. The minimum atomic E-state index is 0.282. The van der Waals surface area contributed by atoms with Crippen molar-refractivity contribution in [2.75, 3.05) is 20.1 Å². The van der Waals surface area contributed by atoms with Crippen molar-refractivity contribution in [3.8, 4) is 6.07 Å². The molecule has 0 spiro atoms. The van der Waals surface area contributed by atoms with E-state index < -0.39 is 0 Å². The first-order valence-corrected chi connectivity index (χ1v) is 7.65. The lowest BCUT2D eigenvalue weighted by molar-refractivity contribution is 0.223. The van der Waals surface area contributed by atoms with Gasteiger partial charge in [-0.1, -0.05) is 30.3 Å². The highest BCUT2D eigenvalue weighted by molar-refractivity contribution is 5.47. The molecular formula is C19H21N3. The van der Waals surface area contributed by atoms with E-state index in [0.29, 0.717) is 18.0 Å². The van der Waals surface area contributed by atoms with Crippen LogP contribution in [0.3, 0.4) is 0 Å². The van der Waals surface area contributed by atoms with Crippen LogP contribution in [0, 0.1) is 18.3 Å². The van der Waals surface area contributed by atoms with Crippen LogP contribution in [0.4, 0.5) is 0 Å². The van der Waals surface area contributed by atoms with Crippen LogP contribution in [-0.4, -0.2) is 25.0 Å². The van der Waals surface area contributed by atoms with Crippen molar-refractivity contribution >= 4 is 0 Å². The highest BCUT2D eigenvalue weighted by Crippen LogP contribution is 2.39. The van der Waals surface area contributed by atoms with Gasteiger partial charge in [0.15, 0.2) is 0 Å².